The Balaban J connectivity index is 1.71. The van der Waals surface area contributed by atoms with Crippen LogP contribution in [0, 0.1) is 11.7 Å². The molecule has 0 saturated heterocycles. The summed E-state index contributed by atoms with van der Waals surface area (Å²) in [4.78, 5) is 12.3. The van der Waals surface area contributed by atoms with Crippen molar-refractivity contribution in [3.05, 3.63) is 70.0 Å². The van der Waals surface area contributed by atoms with Crippen LogP contribution in [0.3, 0.4) is 0 Å². The maximum Gasteiger partial charge on any atom is 0.142 e. The molecule has 1 nitrogen and oxygen atoms in total. The van der Waals surface area contributed by atoms with Crippen molar-refractivity contribution in [2.75, 3.05) is 0 Å². The van der Waals surface area contributed by atoms with Gasteiger partial charge in [0.05, 0.1) is 5.02 Å². The van der Waals surface area contributed by atoms with Crippen LogP contribution in [0.15, 0.2) is 42.5 Å². The van der Waals surface area contributed by atoms with Gasteiger partial charge in [-0.3, -0.25) is 4.79 Å². The molecule has 0 fully saturated rings. The van der Waals surface area contributed by atoms with Crippen LogP contribution < -0.4 is 0 Å². The quantitative estimate of drug-likeness (QED) is 0.834. The molecule has 0 heterocycles. The van der Waals surface area contributed by atoms with E-state index in [-0.39, 0.29) is 23.1 Å². The van der Waals surface area contributed by atoms with E-state index in [9.17, 15) is 9.18 Å². The molecule has 1 aliphatic rings. The van der Waals surface area contributed by atoms with Crippen molar-refractivity contribution >= 4 is 17.4 Å². The molecule has 0 bridgehead atoms. The molecule has 1 aliphatic carbocycles. The lowest BCUT2D eigenvalue weighted by molar-refractivity contribution is -0.121. The fourth-order valence-electron chi connectivity index (χ4n) is 2.78. The topological polar surface area (TPSA) is 17.1 Å². The molecule has 0 unspecified atom stereocenters. The summed E-state index contributed by atoms with van der Waals surface area (Å²) in [6, 6.07) is 12.7. The van der Waals surface area contributed by atoms with Gasteiger partial charge < -0.3 is 0 Å². The maximum absolute atomic E-state index is 13.4. The van der Waals surface area contributed by atoms with Gasteiger partial charge in [-0.05, 0) is 41.7 Å². The molecule has 0 spiro atoms. The molecule has 0 aromatic heterocycles. The minimum absolute atomic E-state index is 0.0196. The third kappa shape index (κ3) is 2.61. The Morgan fingerprint density at radius 1 is 1.15 bits per heavy atom. The lowest BCUT2D eigenvalue weighted by atomic mass is 9.95. The molecular formula is C17H14ClFO. The Morgan fingerprint density at radius 2 is 1.80 bits per heavy atom. The lowest BCUT2D eigenvalue weighted by Crippen LogP contribution is -2.17. The first-order valence-corrected chi connectivity index (χ1v) is 7.04. The van der Waals surface area contributed by atoms with Gasteiger partial charge in [-0.15, -0.1) is 0 Å². The van der Waals surface area contributed by atoms with Gasteiger partial charge in [0.2, 0.25) is 0 Å². The molecule has 2 aromatic carbocycles. The summed E-state index contributed by atoms with van der Waals surface area (Å²) < 4.78 is 13.4. The van der Waals surface area contributed by atoms with Crippen LogP contribution in [0.1, 0.15) is 16.7 Å². The number of hydrogen-bond acceptors (Lipinski definition) is 1. The van der Waals surface area contributed by atoms with E-state index in [0.29, 0.717) is 5.56 Å². The predicted molar refractivity (Wildman–Crippen MR) is 77.5 cm³/mol. The number of ketones is 1. The van der Waals surface area contributed by atoms with Gasteiger partial charge in [0, 0.05) is 12.3 Å². The molecular weight excluding hydrogens is 275 g/mol. The molecule has 0 atom stereocenters. The molecule has 20 heavy (non-hydrogen) atoms. The summed E-state index contributed by atoms with van der Waals surface area (Å²) in [7, 11) is 0. The van der Waals surface area contributed by atoms with Crippen LogP contribution >= 0.6 is 11.6 Å². The summed E-state index contributed by atoms with van der Waals surface area (Å²) in [6.07, 6.45) is 1.86. The first-order valence-electron chi connectivity index (χ1n) is 6.67. The van der Waals surface area contributed by atoms with Gasteiger partial charge in [-0.25, -0.2) is 4.39 Å². The third-order valence-corrected chi connectivity index (χ3v) is 4.18. The van der Waals surface area contributed by atoms with E-state index >= 15 is 0 Å². The number of hydrogen-bond donors (Lipinski definition) is 0. The van der Waals surface area contributed by atoms with Crippen molar-refractivity contribution in [3.8, 4) is 0 Å². The van der Waals surface area contributed by atoms with Crippen molar-refractivity contribution in [2.45, 2.75) is 19.3 Å². The van der Waals surface area contributed by atoms with Gasteiger partial charge in [0.25, 0.3) is 0 Å². The van der Waals surface area contributed by atoms with Crippen molar-refractivity contribution in [1.82, 2.24) is 0 Å². The highest BCUT2D eigenvalue weighted by Crippen LogP contribution is 2.28. The fraction of sp³-hybridized carbons (Fsp3) is 0.235. The van der Waals surface area contributed by atoms with Crippen LogP contribution in [0.2, 0.25) is 5.02 Å². The van der Waals surface area contributed by atoms with Gasteiger partial charge in [-0.1, -0.05) is 41.9 Å². The number of carbonyl (C=O) groups is 1. The Kier molecular flexibility index (Phi) is 3.58. The highest BCUT2D eigenvalue weighted by molar-refractivity contribution is 6.30. The Labute approximate surface area is 122 Å². The first kappa shape index (κ1) is 13.3. The highest BCUT2D eigenvalue weighted by Gasteiger charge is 2.26. The predicted octanol–water partition coefficient (Wildman–Crippen LogP) is 4.01. The summed E-state index contributed by atoms with van der Waals surface area (Å²) in [5.74, 6) is -0.277. The summed E-state index contributed by atoms with van der Waals surface area (Å²) in [6.45, 7) is 0. The second-order valence-corrected chi connectivity index (χ2v) is 5.67. The number of rotatable bonds is 3. The summed E-state index contributed by atoms with van der Waals surface area (Å²) in [5.41, 5.74) is 3.20. The largest absolute Gasteiger partial charge is 0.299 e. The zero-order valence-corrected chi connectivity index (χ0v) is 11.7. The minimum atomic E-state index is -0.466. The number of fused-ring (bicyclic) bond motifs is 1. The van der Waals surface area contributed by atoms with E-state index in [0.717, 1.165) is 12.8 Å². The maximum atomic E-state index is 13.4. The van der Waals surface area contributed by atoms with E-state index in [4.69, 9.17) is 11.6 Å². The van der Waals surface area contributed by atoms with Crippen molar-refractivity contribution in [2.24, 2.45) is 5.92 Å². The van der Waals surface area contributed by atoms with Gasteiger partial charge in [-0.2, -0.15) is 0 Å². The molecule has 0 aliphatic heterocycles. The smallest absolute Gasteiger partial charge is 0.142 e. The molecule has 0 amide bonds. The van der Waals surface area contributed by atoms with Gasteiger partial charge in [0.1, 0.15) is 11.6 Å². The SMILES string of the molecule is O=C(Cc1ccc(Cl)c(F)c1)C1Cc2ccccc2C1. The molecule has 102 valence electrons. The van der Waals surface area contributed by atoms with Crippen LogP contribution in [-0.2, 0) is 24.1 Å². The molecule has 3 heteroatoms. The van der Waals surface area contributed by atoms with E-state index in [1.165, 1.54) is 23.3 Å². The Morgan fingerprint density at radius 3 is 2.40 bits per heavy atom. The monoisotopic (exact) mass is 288 g/mol. The lowest BCUT2D eigenvalue weighted by Gasteiger charge is -2.08. The van der Waals surface area contributed by atoms with E-state index in [1.807, 2.05) is 12.1 Å². The minimum Gasteiger partial charge on any atom is -0.299 e. The normalized spacial score (nSPS) is 14.3. The Bertz CT molecular complexity index is 641. The van der Waals surface area contributed by atoms with E-state index in [1.54, 1.807) is 6.07 Å². The van der Waals surface area contributed by atoms with Crippen LogP contribution in [0.4, 0.5) is 4.39 Å². The molecule has 3 rings (SSSR count). The number of benzene rings is 2. The average Bonchev–Trinajstić information content (AvgIpc) is 2.87. The third-order valence-electron chi connectivity index (χ3n) is 3.87. The standard InChI is InChI=1S/C17H14ClFO/c18-15-6-5-11(7-16(15)19)8-17(20)14-9-12-3-1-2-4-13(12)10-14/h1-7,14H,8-10H2. The average molecular weight is 289 g/mol. The van der Waals surface area contributed by atoms with E-state index in [2.05, 4.69) is 12.1 Å². The highest BCUT2D eigenvalue weighted by atomic mass is 35.5. The summed E-state index contributed by atoms with van der Waals surface area (Å²) in [5, 5.41) is 0.0921. The number of Topliss-reactive ketones (excluding diaryl/α,β-unsaturated/α-hetero) is 1. The van der Waals surface area contributed by atoms with Crippen LogP contribution in [0.25, 0.3) is 0 Å². The van der Waals surface area contributed by atoms with Crippen LogP contribution in [-0.4, -0.2) is 5.78 Å². The second-order valence-electron chi connectivity index (χ2n) is 5.27. The molecule has 2 aromatic rings. The Hall–Kier alpha value is -1.67. The zero-order chi connectivity index (χ0) is 14.1. The molecule has 0 N–H and O–H groups in total. The van der Waals surface area contributed by atoms with Gasteiger partial charge in [0.15, 0.2) is 0 Å². The summed E-state index contributed by atoms with van der Waals surface area (Å²) >= 11 is 5.65. The molecule has 0 radical (unpaired) electrons. The van der Waals surface area contributed by atoms with Crippen molar-refractivity contribution in [1.29, 1.82) is 0 Å². The van der Waals surface area contributed by atoms with Crippen LogP contribution in [0.5, 0.6) is 0 Å². The zero-order valence-electron chi connectivity index (χ0n) is 10.9. The van der Waals surface area contributed by atoms with Crippen molar-refractivity contribution < 1.29 is 9.18 Å². The fourth-order valence-corrected chi connectivity index (χ4v) is 2.90. The number of halogens is 2. The number of carbonyl (C=O) groups excluding carboxylic acids is 1. The molecule has 0 saturated carbocycles. The van der Waals surface area contributed by atoms with Crippen molar-refractivity contribution in [3.63, 3.8) is 0 Å². The van der Waals surface area contributed by atoms with Gasteiger partial charge >= 0.3 is 0 Å². The second kappa shape index (κ2) is 5.37. The first-order chi connectivity index (χ1) is 9.63. The van der Waals surface area contributed by atoms with E-state index < -0.39 is 5.82 Å².